The van der Waals surface area contributed by atoms with E-state index in [0.29, 0.717) is 13.0 Å². The molecule has 0 bridgehead atoms. The van der Waals surface area contributed by atoms with E-state index >= 15 is 0 Å². The van der Waals surface area contributed by atoms with Crippen molar-refractivity contribution in [3.05, 3.63) is 26.6 Å². The summed E-state index contributed by atoms with van der Waals surface area (Å²) in [6, 6.07) is -0.824. The van der Waals surface area contributed by atoms with Gasteiger partial charge in [0.25, 0.3) is 5.56 Å². The van der Waals surface area contributed by atoms with Crippen LogP contribution in [0.1, 0.15) is 9.16 Å². The molecule has 2 aromatic rings. The van der Waals surface area contributed by atoms with Gasteiger partial charge in [0.1, 0.15) is 17.5 Å². The van der Waals surface area contributed by atoms with Crippen LogP contribution in [0.5, 0.6) is 5.88 Å². The van der Waals surface area contributed by atoms with Crippen LogP contribution in [0, 0.1) is 5.82 Å². The summed E-state index contributed by atoms with van der Waals surface area (Å²) in [6.07, 6.45) is 0.641. The summed E-state index contributed by atoms with van der Waals surface area (Å²) in [7, 11) is 0. The quantitative estimate of drug-likeness (QED) is 0.633. The zero-order valence-electron chi connectivity index (χ0n) is 13.7. The van der Waals surface area contributed by atoms with Gasteiger partial charge < -0.3 is 14.8 Å². The minimum atomic E-state index is -1.98. The number of hydrogen-bond donors (Lipinski definition) is 2. The number of nitrogens with zero attached hydrogens (tertiary/aromatic N) is 2. The van der Waals surface area contributed by atoms with Gasteiger partial charge in [0.2, 0.25) is 11.2 Å². The predicted molar refractivity (Wildman–Crippen MR) is 82.9 cm³/mol. The molecule has 2 N–H and O–H groups in total. The molecule has 0 radical (unpaired) electrons. The Morgan fingerprint density at radius 1 is 1.48 bits per heavy atom. The zero-order valence-corrected chi connectivity index (χ0v) is 13.2. The molecular formula is C13H13Cl2FN4O3. The van der Waals surface area contributed by atoms with E-state index in [2.05, 4.69) is 20.3 Å². The fraction of sp³-hybridized carbons (Fsp3) is 0.462. The average Bonchev–Trinajstić information content (AvgIpc) is 2.69. The van der Waals surface area contributed by atoms with Gasteiger partial charge in [-0.05, 0) is 24.6 Å². The largest absolute Gasteiger partial charge is 0.475 e. The smallest absolute Gasteiger partial charge is 0.265 e. The molecule has 3 rings (SSSR count). The molecule has 0 unspecified atom stereocenters. The van der Waals surface area contributed by atoms with Gasteiger partial charge >= 0.3 is 0 Å². The van der Waals surface area contributed by atoms with Gasteiger partial charge in [-0.3, -0.25) is 9.78 Å². The molecule has 1 atom stereocenters. The Morgan fingerprint density at radius 2 is 2.30 bits per heavy atom. The normalized spacial score (nSPS) is 22.3. The Hall–Kier alpha value is -1.48. The van der Waals surface area contributed by atoms with Crippen molar-refractivity contribution in [2.45, 2.75) is 12.5 Å². The topological polar surface area (TPSA) is 89.1 Å². The van der Waals surface area contributed by atoms with E-state index in [4.69, 9.17) is 35.4 Å². The van der Waals surface area contributed by atoms with Crippen LogP contribution >= 0.6 is 23.2 Å². The van der Waals surface area contributed by atoms with Gasteiger partial charge in [-0.15, -0.1) is 0 Å². The number of hydrogen-bond acceptors (Lipinski definition) is 6. The van der Waals surface area contributed by atoms with Crippen LogP contribution in [-0.2, 0) is 4.74 Å². The first-order valence-electron chi connectivity index (χ1n) is 7.74. The van der Waals surface area contributed by atoms with E-state index in [1.165, 1.54) is 0 Å². The highest BCUT2D eigenvalue weighted by Gasteiger charge is 2.20. The Morgan fingerprint density at radius 3 is 3.13 bits per heavy atom. The number of pyridine rings is 1. The number of H-pyrrole nitrogens is 1. The van der Waals surface area contributed by atoms with Gasteiger partial charge in [-0.25, -0.2) is 9.37 Å². The van der Waals surface area contributed by atoms with E-state index in [-0.39, 0.29) is 35.3 Å². The van der Waals surface area contributed by atoms with Gasteiger partial charge in [0.15, 0.2) is 11.0 Å². The first kappa shape index (κ1) is 13.9. The highest BCUT2D eigenvalue weighted by Crippen LogP contribution is 2.27. The molecule has 7 nitrogen and oxygen atoms in total. The number of aromatic nitrogens is 3. The van der Waals surface area contributed by atoms with Crippen molar-refractivity contribution < 1.29 is 16.6 Å². The maximum atomic E-state index is 14.1. The zero-order chi connectivity index (χ0) is 18.2. The summed E-state index contributed by atoms with van der Waals surface area (Å²) in [6.45, 7) is -1.41. The van der Waals surface area contributed by atoms with Crippen molar-refractivity contribution in [3.63, 3.8) is 0 Å². The van der Waals surface area contributed by atoms with Gasteiger partial charge in [0, 0.05) is 6.61 Å². The van der Waals surface area contributed by atoms with Crippen molar-refractivity contribution in [3.8, 4) is 5.88 Å². The third kappa shape index (κ3) is 3.55. The van der Waals surface area contributed by atoms with Gasteiger partial charge in [-0.1, -0.05) is 11.6 Å². The number of fused-ring (bicyclic) bond motifs is 1. The maximum absolute atomic E-state index is 14.1. The van der Waals surface area contributed by atoms with E-state index in [1.54, 1.807) is 0 Å². The third-order valence-electron chi connectivity index (χ3n) is 3.12. The van der Waals surface area contributed by atoms with E-state index < -0.39 is 29.1 Å². The van der Waals surface area contributed by atoms with Crippen LogP contribution in [-0.4, -0.2) is 47.3 Å². The number of halogens is 3. The Kier molecular flexibility index (Phi) is 4.21. The molecule has 1 aliphatic rings. The van der Waals surface area contributed by atoms with Crippen molar-refractivity contribution in [1.82, 2.24) is 20.3 Å². The number of aromatic amines is 1. The summed E-state index contributed by atoms with van der Waals surface area (Å²) in [4.78, 5) is 21.7. The lowest BCUT2D eigenvalue weighted by atomic mass is 10.3. The van der Waals surface area contributed by atoms with Crippen molar-refractivity contribution in [1.29, 1.82) is 0 Å². The number of nitrogens with one attached hydrogen (secondary N) is 2. The van der Waals surface area contributed by atoms with Crippen molar-refractivity contribution in [2.24, 2.45) is 0 Å². The number of ether oxygens (including phenoxy) is 2. The molecular weight excluding hydrogens is 350 g/mol. The molecule has 1 saturated heterocycles. The molecule has 10 heteroatoms. The molecule has 0 amide bonds. The van der Waals surface area contributed by atoms with Gasteiger partial charge in [-0.2, -0.15) is 4.98 Å². The summed E-state index contributed by atoms with van der Waals surface area (Å²) in [5.41, 5.74) is -1.13. The van der Waals surface area contributed by atoms with Crippen molar-refractivity contribution >= 4 is 34.1 Å². The number of rotatable bonds is 3. The highest BCUT2D eigenvalue weighted by atomic mass is 35.5. The molecule has 0 aliphatic carbocycles. The fourth-order valence-electron chi connectivity index (χ4n) is 2.08. The summed E-state index contributed by atoms with van der Waals surface area (Å²) in [5, 5.41) is 1.85. The predicted octanol–water partition coefficient (Wildman–Crippen LogP) is 1.52. The van der Waals surface area contributed by atoms with E-state index in [1.807, 2.05) is 0 Å². The average molecular weight is 365 g/mol. The van der Waals surface area contributed by atoms with E-state index in [0.717, 1.165) is 0 Å². The monoisotopic (exact) mass is 364 g/mol. The summed E-state index contributed by atoms with van der Waals surface area (Å²) in [5.74, 6) is -1.27. The molecule has 1 aliphatic heterocycles. The molecule has 1 fully saturated rings. The van der Waals surface area contributed by atoms with Crippen LogP contribution in [0.15, 0.2) is 4.79 Å². The lowest BCUT2D eigenvalue weighted by Crippen LogP contribution is -2.37. The lowest BCUT2D eigenvalue weighted by molar-refractivity contribution is 0.113. The molecule has 124 valence electrons. The summed E-state index contributed by atoms with van der Waals surface area (Å²) < 4.78 is 40.5. The van der Waals surface area contributed by atoms with Crippen LogP contribution in [0.4, 0.5) is 4.39 Å². The first-order chi connectivity index (χ1) is 11.8. The highest BCUT2D eigenvalue weighted by molar-refractivity contribution is 6.30. The second-order valence-electron chi connectivity index (χ2n) is 4.74. The standard InChI is InChI=1S/C13H13Cl2FN4O3/c14-10-8(16)9-7(11(21)20-13(15)18-9)12(19-10)23-5-6-4-22-3-1-2-17-6/h6,17H,1-5H2,(H,18,20,21)/t6-/m0/s1/i4D2. The van der Waals surface area contributed by atoms with Crippen LogP contribution in [0.25, 0.3) is 10.9 Å². The van der Waals surface area contributed by atoms with Gasteiger partial charge in [0.05, 0.1) is 15.3 Å². The van der Waals surface area contributed by atoms with Crippen LogP contribution < -0.4 is 15.6 Å². The molecule has 0 spiro atoms. The Labute approximate surface area is 142 Å². The molecule has 0 aromatic carbocycles. The second-order valence-corrected chi connectivity index (χ2v) is 5.46. The summed E-state index contributed by atoms with van der Waals surface area (Å²) >= 11 is 11.4. The molecule has 2 aromatic heterocycles. The second kappa shape index (κ2) is 6.96. The lowest BCUT2D eigenvalue weighted by Gasteiger charge is -2.16. The fourth-order valence-corrected chi connectivity index (χ4v) is 2.41. The van der Waals surface area contributed by atoms with Crippen LogP contribution in [0.2, 0.25) is 10.4 Å². The molecule has 0 saturated carbocycles. The van der Waals surface area contributed by atoms with Crippen molar-refractivity contribution in [2.75, 3.05) is 26.3 Å². The third-order valence-corrected chi connectivity index (χ3v) is 3.55. The van der Waals surface area contributed by atoms with Crippen LogP contribution in [0.3, 0.4) is 0 Å². The molecule has 23 heavy (non-hydrogen) atoms. The SMILES string of the molecule is [2H]C1([2H])OCCCN[C@@H]1COc1nc(Cl)c(F)c2nc(Cl)[nH]c(=O)c12. The molecule has 3 heterocycles. The minimum absolute atomic E-state index is 0.223. The maximum Gasteiger partial charge on any atom is 0.265 e. The Bertz CT molecular complexity index is 867. The minimum Gasteiger partial charge on any atom is -0.475 e. The van der Waals surface area contributed by atoms with E-state index in [9.17, 15) is 9.18 Å². The Balaban J connectivity index is 1.96. The first-order valence-corrected chi connectivity index (χ1v) is 7.50.